The summed E-state index contributed by atoms with van der Waals surface area (Å²) < 4.78 is 26.1. The Hall–Kier alpha value is -0.950. The predicted octanol–water partition coefficient (Wildman–Crippen LogP) is 1.48. The first-order valence-corrected chi connectivity index (χ1v) is 10.9. The molecule has 0 radical (unpaired) electrons. The maximum Gasteiger partial charge on any atom is 0.256 e. The summed E-state index contributed by atoms with van der Waals surface area (Å²) >= 11 is 0. The summed E-state index contributed by atoms with van der Waals surface area (Å²) in [6.45, 7) is 5.58. The van der Waals surface area contributed by atoms with Crippen molar-refractivity contribution in [3.05, 3.63) is 0 Å². The van der Waals surface area contributed by atoms with Crippen LogP contribution in [0.15, 0.2) is 4.99 Å². The average Bonchev–Trinajstić information content (AvgIpc) is 3.07. The van der Waals surface area contributed by atoms with Gasteiger partial charge in [0.25, 0.3) is 5.91 Å². The third-order valence-electron chi connectivity index (χ3n) is 6.38. The standard InChI is InChI=1S/C17H27N3O3S/c1-3-15-18-17(16(21)20(15)9-12-5-6-12)8-7-13-10-19(11-14(13)17)24(22,23)4-2/h12-14H,3-11H2,1-2H3/t13-,14+,17-/m1/s1. The summed E-state index contributed by atoms with van der Waals surface area (Å²) in [7, 11) is -3.19. The van der Waals surface area contributed by atoms with Crippen molar-refractivity contribution < 1.29 is 13.2 Å². The van der Waals surface area contributed by atoms with E-state index in [1.807, 2.05) is 4.90 Å². The number of nitrogens with zero attached hydrogens (tertiary/aromatic N) is 3. The van der Waals surface area contributed by atoms with E-state index in [0.29, 0.717) is 19.0 Å². The quantitative estimate of drug-likeness (QED) is 0.752. The molecule has 2 aliphatic heterocycles. The van der Waals surface area contributed by atoms with Crippen LogP contribution in [0.5, 0.6) is 0 Å². The molecular weight excluding hydrogens is 326 g/mol. The number of sulfonamides is 1. The smallest absolute Gasteiger partial charge is 0.256 e. The predicted molar refractivity (Wildman–Crippen MR) is 92.1 cm³/mol. The molecule has 6 nitrogen and oxygen atoms in total. The lowest BCUT2D eigenvalue weighted by molar-refractivity contribution is -0.132. The van der Waals surface area contributed by atoms with Crippen LogP contribution in [0.3, 0.4) is 0 Å². The fourth-order valence-electron chi connectivity index (χ4n) is 4.78. The van der Waals surface area contributed by atoms with E-state index >= 15 is 0 Å². The van der Waals surface area contributed by atoms with Crippen LogP contribution in [0.4, 0.5) is 0 Å². The summed E-state index contributed by atoms with van der Waals surface area (Å²) in [6.07, 6.45) is 4.88. The highest BCUT2D eigenvalue weighted by Crippen LogP contribution is 2.51. The molecular formula is C17H27N3O3S. The highest BCUT2D eigenvalue weighted by atomic mass is 32.2. The molecule has 1 saturated heterocycles. The van der Waals surface area contributed by atoms with Crippen molar-refractivity contribution >= 4 is 21.8 Å². The van der Waals surface area contributed by atoms with Crippen molar-refractivity contribution in [1.82, 2.24) is 9.21 Å². The number of aliphatic imine (C=N–C) groups is 1. The molecule has 0 bridgehead atoms. The number of hydrogen-bond donors (Lipinski definition) is 0. The second kappa shape index (κ2) is 5.53. The molecule has 4 rings (SSSR count). The van der Waals surface area contributed by atoms with Gasteiger partial charge in [0, 0.05) is 32.0 Å². The van der Waals surface area contributed by atoms with E-state index in [9.17, 15) is 13.2 Å². The number of carbonyl (C=O) groups excluding carboxylic acids is 1. The summed E-state index contributed by atoms with van der Waals surface area (Å²) in [5, 5.41) is 0. The molecule has 2 saturated carbocycles. The number of carbonyl (C=O) groups is 1. The van der Waals surface area contributed by atoms with Gasteiger partial charge in [0.2, 0.25) is 10.0 Å². The van der Waals surface area contributed by atoms with Crippen molar-refractivity contribution in [1.29, 1.82) is 0 Å². The summed E-state index contributed by atoms with van der Waals surface area (Å²) in [4.78, 5) is 20.1. The number of amides is 1. The molecule has 1 spiro atoms. The van der Waals surface area contributed by atoms with E-state index in [2.05, 4.69) is 6.92 Å². The highest BCUT2D eigenvalue weighted by Gasteiger charge is 2.62. The van der Waals surface area contributed by atoms with Crippen LogP contribution in [0.1, 0.15) is 46.0 Å². The topological polar surface area (TPSA) is 70.0 Å². The molecule has 7 heteroatoms. The summed E-state index contributed by atoms with van der Waals surface area (Å²) in [5.74, 6) is 2.16. The van der Waals surface area contributed by atoms with Crippen LogP contribution in [-0.4, -0.2) is 60.3 Å². The molecule has 0 aromatic rings. The molecule has 0 aromatic heterocycles. The fraction of sp³-hybridized carbons (Fsp3) is 0.882. The Balaban J connectivity index is 1.61. The third-order valence-corrected chi connectivity index (χ3v) is 8.20. The fourth-order valence-corrected chi connectivity index (χ4v) is 5.95. The van der Waals surface area contributed by atoms with Gasteiger partial charge in [-0.05, 0) is 44.4 Å². The molecule has 2 heterocycles. The maximum atomic E-state index is 13.3. The van der Waals surface area contributed by atoms with Crippen LogP contribution in [0.2, 0.25) is 0 Å². The average molecular weight is 353 g/mol. The van der Waals surface area contributed by atoms with Crippen LogP contribution in [0.25, 0.3) is 0 Å². The zero-order valence-electron chi connectivity index (χ0n) is 14.6. The lowest BCUT2D eigenvalue weighted by Crippen LogP contribution is -2.47. The SMILES string of the molecule is CCC1=N[C@@]2(CC[C@@H]3CN(S(=O)(=O)CC)C[C@@H]32)C(=O)N1CC1CC1. The molecule has 4 aliphatic rings. The lowest BCUT2D eigenvalue weighted by Gasteiger charge is -2.28. The van der Waals surface area contributed by atoms with Crippen molar-refractivity contribution in [2.45, 2.75) is 51.5 Å². The lowest BCUT2D eigenvalue weighted by atomic mass is 9.85. The molecule has 0 unspecified atom stereocenters. The molecule has 3 atom stereocenters. The number of amidine groups is 1. The van der Waals surface area contributed by atoms with E-state index in [1.165, 1.54) is 12.8 Å². The van der Waals surface area contributed by atoms with E-state index in [1.54, 1.807) is 11.2 Å². The van der Waals surface area contributed by atoms with Gasteiger partial charge in [0.1, 0.15) is 11.4 Å². The van der Waals surface area contributed by atoms with Crippen molar-refractivity contribution in [2.75, 3.05) is 25.4 Å². The molecule has 2 aliphatic carbocycles. The highest BCUT2D eigenvalue weighted by molar-refractivity contribution is 7.89. The van der Waals surface area contributed by atoms with Gasteiger partial charge in [0.05, 0.1) is 5.75 Å². The summed E-state index contributed by atoms with van der Waals surface area (Å²) in [5.41, 5.74) is -0.678. The van der Waals surface area contributed by atoms with Crippen molar-refractivity contribution in [3.63, 3.8) is 0 Å². The number of hydrogen-bond acceptors (Lipinski definition) is 4. The first kappa shape index (κ1) is 16.5. The van der Waals surface area contributed by atoms with Crippen LogP contribution in [0, 0.1) is 17.8 Å². The molecule has 24 heavy (non-hydrogen) atoms. The first-order chi connectivity index (χ1) is 11.4. The van der Waals surface area contributed by atoms with Crippen molar-refractivity contribution in [3.8, 4) is 0 Å². The van der Waals surface area contributed by atoms with E-state index in [-0.39, 0.29) is 23.5 Å². The Labute approximate surface area is 144 Å². The number of rotatable bonds is 5. The van der Waals surface area contributed by atoms with Gasteiger partial charge in [-0.1, -0.05) is 6.92 Å². The number of fused-ring (bicyclic) bond motifs is 2. The van der Waals surface area contributed by atoms with E-state index in [4.69, 9.17) is 4.99 Å². The maximum absolute atomic E-state index is 13.3. The van der Waals surface area contributed by atoms with Gasteiger partial charge in [-0.3, -0.25) is 14.7 Å². The van der Waals surface area contributed by atoms with Gasteiger partial charge in [-0.25, -0.2) is 12.7 Å². The second-order valence-corrected chi connectivity index (χ2v) is 10.0. The normalized spacial score (nSPS) is 36.7. The molecule has 0 aromatic carbocycles. The monoisotopic (exact) mass is 353 g/mol. The minimum atomic E-state index is -3.19. The first-order valence-electron chi connectivity index (χ1n) is 9.29. The Kier molecular flexibility index (Phi) is 3.80. The Morgan fingerprint density at radius 1 is 1.21 bits per heavy atom. The Morgan fingerprint density at radius 3 is 2.58 bits per heavy atom. The third kappa shape index (κ3) is 2.35. The van der Waals surface area contributed by atoms with Crippen LogP contribution in [-0.2, 0) is 14.8 Å². The second-order valence-electron chi connectivity index (χ2n) is 7.79. The minimum absolute atomic E-state index is 0.0529. The van der Waals surface area contributed by atoms with Gasteiger partial charge in [0.15, 0.2) is 0 Å². The molecule has 1 amide bonds. The zero-order valence-corrected chi connectivity index (χ0v) is 15.4. The largest absolute Gasteiger partial charge is 0.298 e. The molecule has 134 valence electrons. The van der Waals surface area contributed by atoms with Gasteiger partial charge >= 0.3 is 0 Å². The molecule has 3 fully saturated rings. The Bertz CT molecular complexity index is 685. The molecule has 0 N–H and O–H groups in total. The van der Waals surface area contributed by atoms with Gasteiger partial charge in [-0.15, -0.1) is 0 Å². The van der Waals surface area contributed by atoms with Crippen LogP contribution >= 0.6 is 0 Å². The van der Waals surface area contributed by atoms with Gasteiger partial charge in [-0.2, -0.15) is 0 Å². The van der Waals surface area contributed by atoms with Gasteiger partial charge < -0.3 is 0 Å². The van der Waals surface area contributed by atoms with E-state index in [0.717, 1.165) is 31.6 Å². The van der Waals surface area contributed by atoms with Crippen LogP contribution < -0.4 is 0 Å². The minimum Gasteiger partial charge on any atom is -0.298 e. The van der Waals surface area contributed by atoms with Crippen molar-refractivity contribution in [2.24, 2.45) is 22.7 Å². The zero-order chi connectivity index (χ0) is 17.1. The Morgan fingerprint density at radius 2 is 1.96 bits per heavy atom. The summed E-state index contributed by atoms with van der Waals surface area (Å²) in [6, 6.07) is 0. The van der Waals surface area contributed by atoms with E-state index < -0.39 is 15.6 Å².